The van der Waals surface area contributed by atoms with Crippen LogP contribution >= 0.6 is 0 Å². The maximum absolute atomic E-state index is 8.67. The predicted molar refractivity (Wildman–Crippen MR) is 20.1 cm³/mol. The van der Waals surface area contributed by atoms with Gasteiger partial charge in [-0.2, -0.15) is 0 Å². The molecule has 7 nitrogen and oxygen atoms in total. The lowest BCUT2D eigenvalue weighted by Crippen LogP contribution is -2.29. The molecule has 8 heteroatoms. The number of nitrogens with two attached hydrogens (primary N) is 1. The molecule has 0 saturated heterocycles. The van der Waals surface area contributed by atoms with Crippen LogP contribution in [0.4, 0.5) is 4.79 Å². The zero-order valence-corrected chi connectivity index (χ0v) is 4.75. The van der Waals surface area contributed by atoms with E-state index in [1.165, 1.54) is 0 Å². The molecule has 56 valence electrons. The summed E-state index contributed by atoms with van der Waals surface area (Å²) >= 11 is 0. The van der Waals surface area contributed by atoms with Gasteiger partial charge in [-0.25, -0.2) is 0 Å². The standard InChI is InChI=1S/CH3NO2.H2O4S/c2-1(3)4;1-5(2,3)4/h2H2,(H,3,4);(H2,1,2,3,4)/p-3. The summed E-state index contributed by atoms with van der Waals surface area (Å²) in [5, 5.41) is 8.67. The first kappa shape index (κ1) is 11.0. The molecule has 0 atom stereocenters. The van der Waals surface area contributed by atoms with E-state index in [2.05, 4.69) is 5.73 Å². The molecule has 9 heavy (non-hydrogen) atoms. The third-order valence-corrected chi connectivity index (χ3v) is 0. The molecule has 0 heterocycles. The van der Waals surface area contributed by atoms with E-state index in [0.29, 0.717) is 0 Å². The van der Waals surface area contributed by atoms with Gasteiger partial charge < -0.3 is 24.7 Å². The van der Waals surface area contributed by atoms with Crippen LogP contribution in [0.15, 0.2) is 0 Å². The Balaban J connectivity index is 0. The predicted octanol–water partition coefficient (Wildman–Crippen LogP) is -3.05. The summed E-state index contributed by atoms with van der Waals surface area (Å²) in [5.41, 5.74) is 3.92. The van der Waals surface area contributed by atoms with E-state index in [-0.39, 0.29) is 0 Å². The van der Waals surface area contributed by atoms with Gasteiger partial charge >= 0.3 is 0 Å². The smallest absolute Gasteiger partial charge is 0.131 e. The Bertz CT molecular complexity index is 155. The molecule has 0 spiro atoms. The normalized spacial score (nSPS) is 9.11. The average molecular weight is 156 g/mol. The van der Waals surface area contributed by atoms with Crippen molar-refractivity contribution in [3.8, 4) is 0 Å². The third-order valence-electron chi connectivity index (χ3n) is 0. The minimum Gasteiger partial charge on any atom is -0.759 e. The van der Waals surface area contributed by atoms with Crippen molar-refractivity contribution in [3.05, 3.63) is 0 Å². The van der Waals surface area contributed by atoms with E-state index in [1.807, 2.05) is 0 Å². The molecule has 0 radical (unpaired) electrons. The lowest BCUT2D eigenvalue weighted by atomic mass is 11.3. The molecule has 0 saturated carbocycles. The number of amides is 1. The van der Waals surface area contributed by atoms with Crippen LogP contribution in [0.25, 0.3) is 0 Å². The molecule has 0 rings (SSSR count). The zero-order chi connectivity index (χ0) is 8.08. The van der Waals surface area contributed by atoms with E-state index in [0.717, 1.165) is 0 Å². The fourth-order valence-corrected chi connectivity index (χ4v) is 0. The molecular formula is CH2NO6S-3. The van der Waals surface area contributed by atoms with Crippen LogP contribution in [-0.4, -0.2) is 23.6 Å². The van der Waals surface area contributed by atoms with Crippen LogP contribution < -0.4 is 10.8 Å². The van der Waals surface area contributed by atoms with Crippen molar-refractivity contribution >= 4 is 16.5 Å². The third kappa shape index (κ3) is 255. The van der Waals surface area contributed by atoms with Crippen LogP contribution in [0.2, 0.25) is 0 Å². The monoisotopic (exact) mass is 156 g/mol. The summed E-state index contributed by atoms with van der Waals surface area (Å²) in [6, 6.07) is 0. The van der Waals surface area contributed by atoms with Gasteiger partial charge in [0.05, 0.1) is 0 Å². The first-order valence-electron chi connectivity index (χ1n) is 1.36. The largest absolute Gasteiger partial charge is 0.759 e. The van der Waals surface area contributed by atoms with E-state index in [4.69, 9.17) is 27.4 Å². The number of rotatable bonds is 0. The van der Waals surface area contributed by atoms with Gasteiger partial charge in [0, 0.05) is 10.4 Å². The highest BCUT2D eigenvalue weighted by Crippen LogP contribution is 1.57. The van der Waals surface area contributed by atoms with Gasteiger partial charge in [0.2, 0.25) is 0 Å². The Kier molecular flexibility index (Phi) is 4.97. The average Bonchev–Trinajstić information content (AvgIpc) is 1.19. The number of carbonyl (C=O) groups is 1. The van der Waals surface area contributed by atoms with Crippen molar-refractivity contribution in [1.82, 2.24) is 0 Å². The summed E-state index contributed by atoms with van der Waals surface area (Å²) in [6.07, 6.45) is -1.58. The summed E-state index contributed by atoms with van der Waals surface area (Å²) in [4.78, 5) is 8.67. The molecule has 0 bridgehead atoms. The Morgan fingerprint density at radius 3 is 1.33 bits per heavy atom. The zero-order valence-electron chi connectivity index (χ0n) is 3.94. The highest BCUT2D eigenvalue weighted by molar-refractivity contribution is 7.79. The minimum absolute atomic E-state index is 1.58. The Morgan fingerprint density at radius 1 is 1.33 bits per heavy atom. The molecular weight excluding hydrogens is 154 g/mol. The topological polar surface area (TPSA) is 146 Å². The van der Waals surface area contributed by atoms with Crippen LogP contribution in [0.5, 0.6) is 0 Å². The van der Waals surface area contributed by atoms with E-state index < -0.39 is 16.5 Å². The number of carboxylic acid groups (broad SMARTS) is 1. The molecule has 1 amide bonds. The van der Waals surface area contributed by atoms with Crippen molar-refractivity contribution in [2.75, 3.05) is 0 Å². The van der Waals surface area contributed by atoms with Crippen molar-refractivity contribution in [1.29, 1.82) is 0 Å². The Hall–Kier alpha value is -0.860. The van der Waals surface area contributed by atoms with E-state index in [1.54, 1.807) is 0 Å². The summed E-state index contributed by atoms with van der Waals surface area (Å²) in [6.45, 7) is 0. The van der Waals surface area contributed by atoms with Gasteiger partial charge in [-0.05, 0) is 0 Å². The van der Waals surface area contributed by atoms with Crippen molar-refractivity contribution in [2.45, 2.75) is 0 Å². The minimum atomic E-state index is -5.17. The van der Waals surface area contributed by atoms with Crippen LogP contribution in [0.1, 0.15) is 0 Å². The summed E-state index contributed by atoms with van der Waals surface area (Å²) in [5.74, 6) is 0. The quantitative estimate of drug-likeness (QED) is 0.291. The molecule has 0 aliphatic carbocycles. The van der Waals surface area contributed by atoms with Crippen LogP contribution in [-0.2, 0) is 10.4 Å². The molecule has 2 N–H and O–H groups in total. The van der Waals surface area contributed by atoms with Crippen LogP contribution in [0, 0.1) is 0 Å². The molecule has 0 aliphatic heterocycles. The maximum Gasteiger partial charge on any atom is 0.131 e. The summed E-state index contributed by atoms with van der Waals surface area (Å²) < 4.78 is 34.1. The van der Waals surface area contributed by atoms with Gasteiger partial charge in [-0.3, -0.25) is 8.42 Å². The van der Waals surface area contributed by atoms with Crippen molar-refractivity contribution < 1.29 is 27.4 Å². The van der Waals surface area contributed by atoms with Gasteiger partial charge in [0.25, 0.3) is 0 Å². The SMILES string of the molecule is NC(=O)[O-].O=S(=O)([O-])[O-]. The molecule has 0 unspecified atom stereocenters. The number of hydrogen-bond donors (Lipinski definition) is 1. The highest BCUT2D eigenvalue weighted by Gasteiger charge is 1.49. The van der Waals surface area contributed by atoms with Gasteiger partial charge in [-0.1, -0.05) is 0 Å². The molecule has 0 fully saturated rings. The highest BCUT2D eigenvalue weighted by atomic mass is 32.3. The van der Waals surface area contributed by atoms with Crippen molar-refractivity contribution in [3.63, 3.8) is 0 Å². The van der Waals surface area contributed by atoms with Gasteiger partial charge in [0.1, 0.15) is 6.09 Å². The van der Waals surface area contributed by atoms with Gasteiger partial charge in [-0.15, -0.1) is 0 Å². The number of primary amides is 1. The molecule has 0 aliphatic rings. The maximum atomic E-state index is 8.67. The second-order valence-electron chi connectivity index (χ2n) is 0.727. The molecule has 0 aromatic heterocycles. The van der Waals surface area contributed by atoms with Crippen molar-refractivity contribution in [2.24, 2.45) is 5.73 Å². The fraction of sp³-hybridized carbons (Fsp3) is 0. The van der Waals surface area contributed by atoms with Gasteiger partial charge in [0.15, 0.2) is 0 Å². The number of carbonyl (C=O) groups excluding carboxylic acids is 1. The molecule has 0 aromatic rings. The van der Waals surface area contributed by atoms with Crippen LogP contribution in [0.3, 0.4) is 0 Å². The first-order valence-corrected chi connectivity index (χ1v) is 2.70. The van der Waals surface area contributed by atoms with E-state index in [9.17, 15) is 0 Å². The fourth-order valence-electron chi connectivity index (χ4n) is 0. The second kappa shape index (κ2) is 4.06. The number of hydrogen-bond acceptors (Lipinski definition) is 6. The lowest BCUT2D eigenvalue weighted by Gasteiger charge is -2.06. The summed E-state index contributed by atoms with van der Waals surface area (Å²) in [7, 11) is -5.17. The lowest BCUT2D eigenvalue weighted by molar-refractivity contribution is -0.245. The van der Waals surface area contributed by atoms with E-state index >= 15 is 0 Å². The second-order valence-corrected chi connectivity index (χ2v) is 1.54. The Morgan fingerprint density at radius 2 is 1.33 bits per heavy atom. The first-order chi connectivity index (χ1) is 3.73. The molecule has 0 aromatic carbocycles. The Labute approximate surface area is 50.7 Å².